The maximum atomic E-state index is 12.3. The zero-order valence-electron chi connectivity index (χ0n) is 11.1. The summed E-state index contributed by atoms with van der Waals surface area (Å²) in [6.07, 6.45) is 6.75. The van der Waals surface area contributed by atoms with E-state index in [0.717, 1.165) is 38.0 Å². The van der Waals surface area contributed by atoms with E-state index in [0.29, 0.717) is 12.0 Å². The van der Waals surface area contributed by atoms with E-state index in [1.807, 2.05) is 0 Å². The topological polar surface area (TPSA) is 55.1 Å². The normalized spacial score (nSPS) is 42.4. The summed E-state index contributed by atoms with van der Waals surface area (Å²) in [4.78, 5) is 12.3. The molecule has 17 heavy (non-hydrogen) atoms. The van der Waals surface area contributed by atoms with Crippen molar-refractivity contribution in [2.75, 3.05) is 0 Å². The van der Waals surface area contributed by atoms with Gasteiger partial charge in [-0.25, -0.2) is 0 Å². The van der Waals surface area contributed by atoms with Gasteiger partial charge in [0.25, 0.3) is 0 Å². The molecule has 3 nitrogen and oxygen atoms in total. The molecule has 0 radical (unpaired) electrons. The fourth-order valence-electron chi connectivity index (χ4n) is 3.41. The zero-order chi connectivity index (χ0) is 12.4. The maximum Gasteiger partial charge on any atom is 0.223 e. The number of nitrogens with two attached hydrogens (primary N) is 1. The van der Waals surface area contributed by atoms with E-state index in [4.69, 9.17) is 5.73 Å². The van der Waals surface area contributed by atoms with Crippen LogP contribution in [0, 0.1) is 17.8 Å². The number of nitrogens with one attached hydrogen (secondary N) is 1. The second kappa shape index (κ2) is 5.38. The van der Waals surface area contributed by atoms with Crippen LogP contribution in [0.1, 0.15) is 52.4 Å². The summed E-state index contributed by atoms with van der Waals surface area (Å²) in [7, 11) is 0. The van der Waals surface area contributed by atoms with Gasteiger partial charge in [-0.15, -0.1) is 0 Å². The molecule has 2 aliphatic rings. The molecule has 0 aliphatic heterocycles. The van der Waals surface area contributed by atoms with Crippen molar-refractivity contribution in [3.05, 3.63) is 0 Å². The van der Waals surface area contributed by atoms with Crippen LogP contribution in [0.5, 0.6) is 0 Å². The molecule has 0 bridgehead atoms. The summed E-state index contributed by atoms with van der Waals surface area (Å²) in [6.45, 7) is 4.40. The highest BCUT2D eigenvalue weighted by molar-refractivity contribution is 5.79. The van der Waals surface area contributed by atoms with Crippen LogP contribution in [-0.4, -0.2) is 18.0 Å². The number of hydrogen-bond acceptors (Lipinski definition) is 2. The van der Waals surface area contributed by atoms with Gasteiger partial charge in [0.2, 0.25) is 5.91 Å². The number of carbonyl (C=O) groups is 1. The smallest absolute Gasteiger partial charge is 0.223 e. The zero-order valence-corrected chi connectivity index (χ0v) is 11.1. The molecule has 5 unspecified atom stereocenters. The largest absolute Gasteiger partial charge is 0.353 e. The van der Waals surface area contributed by atoms with Crippen LogP contribution in [0.25, 0.3) is 0 Å². The van der Waals surface area contributed by atoms with Gasteiger partial charge >= 0.3 is 0 Å². The van der Waals surface area contributed by atoms with Crippen molar-refractivity contribution >= 4 is 5.91 Å². The molecule has 2 aliphatic carbocycles. The molecule has 2 saturated carbocycles. The SMILES string of the molecule is CC1CCC(NC(=O)C2CCCC(N)C2C)C1. The Morgan fingerprint density at radius 1 is 1.18 bits per heavy atom. The van der Waals surface area contributed by atoms with E-state index in [1.165, 1.54) is 6.42 Å². The highest BCUT2D eigenvalue weighted by Gasteiger charge is 2.34. The van der Waals surface area contributed by atoms with E-state index in [9.17, 15) is 4.79 Å². The first-order chi connectivity index (χ1) is 8.08. The van der Waals surface area contributed by atoms with E-state index in [-0.39, 0.29) is 17.9 Å². The fraction of sp³-hybridized carbons (Fsp3) is 0.929. The van der Waals surface area contributed by atoms with E-state index in [1.54, 1.807) is 0 Å². The highest BCUT2D eigenvalue weighted by atomic mass is 16.2. The molecule has 0 aromatic heterocycles. The van der Waals surface area contributed by atoms with E-state index >= 15 is 0 Å². The lowest BCUT2D eigenvalue weighted by Crippen LogP contribution is -2.46. The Hall–Kier alpha value is -0.570. The highest BCUT2D eigenvalue weighted by Crippen LogP contribution is 2.30. The van der Waals surface area contributed by atoms with Crippen LogP contribution in [0.3, 0.4) is 0 Å². The molecular formula is C14H26N2O. The standard InChI is InChI=1S/C14H26N2O/c1-9-6-7-11(8-9)16-14(17)12-4-3-5-13(15)10(12)2/h9-13H,3-8,15H2,1-2H3,(H,16,17). The molecule has 1 amide bonds. The van der Waals surface area contributed by atoms with Crippen molar-refractivity contribution in [1.29, 1.82) is 0 Å². The Morgan fingerprint density at radius 3 is 2.59 bits per heavy atom. The third-order valence-corrected chi connectivity index (χ3v) is 4.74. The fourth-order valence-corrected chi connectivity index (χ4v) is 3.41. The van der Waals surface area contributed by atoms with Crippen molar-refractivity contribution in [2.45, 2.75) is 64.5 Å². The van der Waals surface area contributed by atoms with Crippen LogP contribution in [-0.2, 0) is 4.79 Å². The van der Waals surface area contributed by atoms with Crippen LogP contribution in [0.4, 0.5) is 0 Å². The molecule has 5 atom stereocenters. The third-order valence-electron chi connectivity index (χ3n) is 4.74. The molecule has 3 N–H and O–H groups in total. The van der Waals surface area contributed by atoms with Gasteiger partial charge in [0.15, 0.2) is 0 Å². The number of carbonyl (C=O) groups excluding carboxylic acids is 1. The van der Waals surface area contributed by atoms with Gasteiger partial charge in [-0.1, -0.05) is 20.3 Å². The van der Waals surface area contributed by atoms with Gasteiger partial charge in [-0.3, -0.25) is 4.79 Å². The van der Waals surface area contributed by atoms with Gasteiger partial charge in [0, 0.05) is 18.0 Å². The average Bonchev–Trinajstić information content (AvgIpc) is 2.68. The van der Waals surface area contributed by atoms with Crippen molar-refractivity contribution in [2.24, 2.45) is 23.5 Å². The lowest BCUT2D eigenvalue weighted by molar-refractivity contribution is -0.128. The number of hydrogen-bond donors (Lipinski definition) is 2. The first-order valence-electron chi connectivity index (χ1n) is 7.14. The second-order valence-corrected chi connectivity index (χ2v) is 6.18. The van der Waals surface area contributed by atoms with Crippen LogP contribution >= 0.6 is 0 Å². The monoisotopic (exact) mass is 238 g/mol. The summed E-state index contributed by atoms with van der Waals surface area (Å²) < 4.78 is 0. The predicted octanol–water partition coefficient (Wildman–Crippen LogP) is 2.05. The molecular weight excluding hydrogens is 212 g/mol. The van der Waals surface area contributed by atoms with Crippen molar-refractivity contribution in [3.8, 4) is 0 Å². The van der Waals surface area contributed by atoms with Crippen LogP contribution in [0.2, 0.25) is 0 Å². The second-order valence-electron chi connectivity index (χ2n) is 6.18. The first-order valence-corrected chi connectivity index (χ1v) is 7.14. The van der Waals surface area contributed by atoms with Crippen molar-refractivity contribution in [1.82, 2.24) is 5.32 Å². The molecule has 0 heterocycles. The summed E-state index contributed by atoms with van der Waals surface area (Å²) in [6, 6.07) is 0.629. The van der Waals surface area contributed by atoms with Crippen LogP contribution in [0.15, 0.2) is 0 Å². The quantitative estimate of drug-likeness (QED) is 0.773. The number of amides is 1. The summed E-state index contributed by atoms with van der Waals surface area (Å²) in [5.41, 5.74) is 6.06. The average molecular weight is 238 g/mol. The van der Waals surface area contributed by atoms with Crippen LogP contribution < -0.4 is 11.1 Å². The van der Waals surface area contributed by atoms with E-state index in [2.05, 4.69) is 19.2 Å². The molecule has 0 aromatic rings. The summed E-state index contributed by atoms with van der Waals surface area (Å²) in [5, 5.41) is 3.24. The third kappa shape index (κ3) is 3.01. The Bertz CT molecular complexity index is 279. The van der Waals surface area contributed by atoms with Gasteiger partial charge in [0.05, 0.1) is 0 Å². The molecule has 2 rings (SSSR count). The Balaban J connectivity index is 1.86. The molecule has 3 heteroatoms. The molecule has 0 saturated heterocycles. The maximum absolute atomic E-state index is 12.3. The Labute approximate surface area is 105 Å². The Morgan fingerprint density at radius 2 is 1.94 bits per heavy atom. The van der Waals surface area contributed by atoms with E-state index < -0.39 is 0 Å². The molecule has 98 valence electrons. The molecule has 0 spiro atoms. The predicted molar refractivity (Wildman–Crippen MR) is 69.4 cm³/mol. The van der Waals surface area contributed by atoms with Gasteiger partial charge in [0.1, 0.15) is 0 Å². The van der Waals surface area contributed by atoms with Gasteiger partial charge in [-0.05, 0) is 43.9 Å². The summed E-state index contributed by atoms with van der Waals surface area (Å²) >= 11 is 0. The lowest BCUT2D eigenvalue weighted by atomic mass is 9.77. The summed E-state index contributed by atoms with van der Waals surface area (Å²) in [5.74, 6) is 1.51. The molecule has 0 aromatic carbocycles. The van der Waals surface area contributed by atoms with Gasteiger partial charge in [-0.2, -0.15) is 0 Å². The lowest BCUT2D eigenvalue weighted by Gasteiger charge is -2.33. The Kier molecular flexibility index (Phi) is 4.08. The van der Waals surface area contributed by atoms with Gasteiger partial charge < -0.3 is 11.1 Å². The minimum absolute atomic E-state index is 0.148. The molecule has 2 fully saturated rings. The minimum Gasteiger partial charge on any atom is -0.353 e. The number of rotatable bonds is 2. The van der Waals surface area contributed by atoms with Crippen molar-refractivity contribution in [3.63, 3.8) is 0 Å². The first kappa shape index (κ1) is 12.9. The minimum atomic E-state index is 0.148. The van der Waals surface area contributed by atoms with Crippen molar-refractivity contribution < 1.29 is 4.79 Å².